The highest BCUT2D eigenvalue weighted by molar-refractivity contribution is 6.31. The lowest BCUT2D eigenvalue weighted by Crippen LogP contribution is -2.35. The first-order valence-corrected chi connectivity index (χ1v) is 8.15. The highest BCUT2D eigenvalue weighted by Gasteiger charge is 2.14. The van der Waals surface area contributed by atoms with Crippen LogP contribution in [0.5, 0.6) is 0 Å². The Morgan fingerprint density at radius 1 is 1.38 bits per heavy atom. The van der Waals surface area contributed by atoms with Gasteiger partial charge in [0.05, 0.1) is 19.6 Å². The van der Waals surface area contributed by atoms with Crippen molar-refractivity contribution >= 4 is 23.2 Å². The molecular formula is C16H19ClN4O3. The molecule has 0 spiro atoms. The van der Waals surface area contributed by atoms with E-state index in [0.29, 0.717) is 22.4 Å². The van der Waals surface area contributed by atoms with Crippen molar-refractivity contribution in [2.24, 2.45) is 0 Å². The number of anilines is 1. The van der Waals surface area contributed by atoms with Crippen LogP contribution in [0.1, 0.15) is 17.3 Å². The fourth-order valence-electron chi connectivity index (χ4n) is 2.52. The van der Waals surface area contributed by atoms with Crippen molar-refractivity contribution in [3.63, 3.8) is 0 Å². The van der Waals surface area contributed by atoms with Gasteiger partial charge in [0.2, 0.25) is 11.8 Å². The fraction of sp³-hybridized carbons (Fsp3) is 0.438. The van der Waals surface area contributed by atoms with E-state index in [9.17, 15) is 4.79 Å². The lowest BCUT2D eigenvalue weighted by molar-refractivity contribution is -0.115. The molecule has 1 aromatic carbocycles. The summed E-state index contributed by atoms with van der Waals surface area (Å²) in [5.41, 5.74) is 1.68. The number of hydrogen-bond donors (Lipinski definition) is 1. The predicted octanol–water partition coefficient (Wildman–Crippen LogP) is 2.04. The molecule has 0 bridgehead atoms. The van der Waals surface area contributed by atoms with Crippen molar-refractivity contribution in [3.8, 4) is 0 Å². The van der Waals surface area contributed by atoms with Crippen LogP contribution < -0.4 is 5.32 Å². The second-order valence-electron chi connectivity index (χ2n) is 5.65. The van der Waals surface area contributed by atoms with E-state index < -0.39 is 0 Å². The summed E-state index contributed by atoms with van der Waals surface area (Å²) >= 11 is 6.35. The van der Waals surface area contributed by atoms with Crippen molar-refractivity contribution in [2.45, 2.75) is 19.9 Å². The van der Waals surface area contributed by atoms with Gasteiger partial charge < -0.3 is 14.6 Å². The second kappa shape index (κ2) is 7.74. The van der Waals surface area contributed by atoms with Gasteiger partial charge >= 0.3 is 0 Å². The van der Waals surface area contributed by atoms with Crippen LogP contribution in [-0.2, 0) is 22.5 Å². The van der Waals surface area contributed by atoms with Crippen LogP contribution in [0.15, 0.2) is 22.7 Å². The van der Waals surface area contributed by atoms with E-state index in [1.165, 1.54) is 0 Å². The lowest BCUT2D eigenvalue weighted by atomic mass is 10.2. The average Bonchev–Trinajstić information content (AvgIpc) is 2.96. The standard InChI is InChI=1S/C16H19ClN4O3/c1-11-18-15(20-24-11)9-16(22)19-13-3-2-12(14(17)8-13)10-21-4-6-23-7-5-21/h2-3,8H,4-7,9-10H2,1H3,(H,19,22). The Bertz CT molecular complexity index is 713. The van der Waals surface area contributed by atoms with E-state index in [-0.39, 0.29) is 12.3 Å². The number of carbonyl (C=O) groups is 1. The van der Waals surface area contributed by atoms with Crippen LogP contribution >= 0.6 is 11.6 Å². The number of aryl methyl sites for hydroxylation is 1. The normalized spacial score (nSPS) is 15.4. The number of ether oxygens (including phenoxy) is 1. The van der Waals surface area contributed by atoms with Crippen molar-refractivity contribution in [1.82, 2.24) is 15.0 Å². The van der Waals surface area contributed by atoms with E-state index in [0.717, 1.165) is 38.4 Å². The Balaban J connectivity index is 1.58. The van der Waals surface area contributed by atoms with Gasteiger partial charge in [0.1, 0.15) is 0 Å². The molecule has 2 heterocycles. The third-order valence-electron chi connectivity index (χ3n) is 3.72. The molecule has 0 radical (unpaired) electrons. The minimum atomic E-state index is -0.215. The van der Waals surface area contributed by atoms with Gasteiger partial charge in [0.25, 0.3) is 0 Å². The highest BCUT2D eigenvalue weighted by Crippen LogP contribution is 2.23. The SMILES string of the molecule is Cc1nc(CC(=O)Nc2ccc(CN3CCOCC3)c(Cl)c2)no1. The number of morpholine rings is 1. The van der Waals surface area contributed by atoms with Gasteiger partial charge in [0, 0.05) is 37.3 Å². The van der Waals surface area contributed by atoms with E-state index in [4.69, 9.17) is 20.9 Å². The summed E-state index contributed by atoms with van der Waals surface area (Å²) in [6, 6.07) is 5.55. The predicted molar refractivity (Wildman–Crippen MR) is 88.9 cm³/mol. The molecule has 2 aromatic rings. The van der Waals surface area contributed by atoms with Crippen LogP contribution in [-0.4, -0.2) is 47.3 Å². The van der Waals surface area contributed by atoms with Crippen molar-refractivity contribution in [3.05, 3.63) is 40.5 Å². The van der Waals surface area contributed by atoms with Crippen LogP contribution in [0.25, 0.3) is 0 Å². The Morgan fingerprint density at radius 3 is 2.83 bits per heavy atom. The van der Waals surface area contributed by atoms with Crippen LogP contribution in [0.4, 0.5) is 5.69 Å². The topological polar surface area (TPSA) is 80.5 Å². The summed E-state index contributed by atoms with van der Waals surface area (Å²) in [6.45, 7) is 5.76. The van der Waals surface area contributed by atoms with Crippen LogP contribution in [0, 0.1) is 6.92 Å². The summed E-state index contributed by atoms with van der Waals surface area (Å²) in [5, 5.41) is 7.13. The zero-order valence-corrected chi connectivity index (χ0v) is 14.2. The molecule has 1 fully saturated rings. The molecular weight excluding hydrogens is 332 g/mol. The molecule has 128 valence electrons. The zero-order valence-electron chi connectivity index (χ0n) is 13.4. The third-order valence-corrected chi connectivity index (χ3v) is 4.07. The lowest BCUT2D eigenvalue weighted by Gasteiger charge is -2.27. The molecule has 7 nitrogen and oxygen atoms in total. The number of aromatic nitrogens is 2. The number of hydrogen-bond acceptors (Lipinski definition) is 6. The maximum atomic E-state index is 12.0. The van der Waals surface area contributed by atoms with Crippen molar-refractivity contribution < 1.29 is 14.1 Å². The van der Waals surface area contributed by atoms with E-state index in [1.54, 1.807) is 13.0 Å². The first-order valence-electron chi connectivity index (χ1n) is 7.78. The maximum Gasteiger partial charge on any atom is 0.232 e. The molecule has 0 atom stereocenters. The number of amides is 1. The molecule has 8 heteroatoms. The summed E-state index contributed by atoms with van der Waals surface area (Å²) in [5.74, 6) is 0.584. The van der Waals surface area contributed by atoms with E-state index in [2.05, 4.69) is 20.4 Å². The first-order chi connectivity index (χ1) is 11.6. The molecule has 24 heavy (non-hydrogen) atoms. The number of benzene rings is 1. The highest BCUT2D eigenvalue weighted by atomic mass is 35.5. The number of halogens is 1. The maximum absolute atomic E-state index is 12.0. The molecule has 0 saturated carbocycles. The van der Waals surface area contributed by atoms with E-state index in [1.807, 2.05) is 12.1 Å². The quantitative estimate of drug-likeness (QED) is 0.888. The molecule has 1 saturated heterocycles. The molecule has 3 rings (SSSR count). The number of carbonyl (C=O) groups excluding carboxylic acids is 1. The Morgan fingerprint density at radius 2 is 2.17 bits per heavy atom. The fourth-order valence-corrected chi connectivity index (χ4v) is 2.76. The zero-order chi connectivity index (χ0) is 16.9. The summed E-state index contributed by atoms with van der Waals surface area (Å²) in [7, 11) is 0. The summed E-state index contributed by atoms with van der Waals surface area (Å²) in [6.07, 6.45) is 0.0600. The Labute approximate surface area is 144 Å². The number of nitrogens with one attached hydrogen (secondary N) is 1. The molecule has 1 amide bonds. The van der Waals surface area contributed by atoms with Gasteiger partial charge in [-0.05, 0) is 17.7 Å². The Hall–Kier alpha value is -1.96. The van der Waals surface area contributed by atoms with E-state index >= 15 is 0 Å². The summed E-state index contributed by atoms with van der Waals surface area (Å²) < 4.78 is 10.2. The molecule has 0 unspecified atom stereocenters. The summed E-state index contributed by atoms with van der Waals surface area (Å²) in [4.78, 5) is 18.3. The molecule has 0 aliphatic carbocycles. The minimum absolute atomic E-state index is 0.0600. The first kappa shape index (κ1) is 16.9. The monoisotopic (exact) mass is 350 g/mol. The van der Waals surface area contributed by atoms with Crippen LogP contribution in [0.2, 0.25) is 5.02 Å². The molecule has 1 aromatic heterocycles. The van der Waals surface area contributed by atoms with Crippen LogP contribution in [0.3, 0.4) is 0 Å². The third kappa shape index (κ3) is 4.53. The van der Waals surface area contributed by atoms with Gasteiger partial charge in [-0.15, -0.1) is 0 Å². The van der Waals surface area contributed by atoms with Crippen molar-refractivity contribution in [1.29, 1.82) is 0 Å². The van der Waals surface area contributed by atoms with Gasteiger partial charge in [-0.25, -0.2) is 0 Å². The van der Waals surface area contributed by atoms with Gasteiger partial charge in [-0.1, -0.05) is 22.8 Å². The minimum Gasteiger partial charge on any atom is -0.379 e. The van der Waals surface area contributed by atoms with Gasteiger partial charge in [-0.3, -0.25) is 9.69 Å². The molecule has 1 N–H and O–H groups in total. The number of nitrogens with zero attached hydrogens (tertiary/aromatic N) is 3. The molecule has 1 aliphatic rings. The second-order valence-corrected chi connectivity index (χ2v) is 6.06. The molecule has 1 aliphatic heterocycles. The van der Waals surface area contributed by atoms with Gasteiger partial charge in [-0.2, -0.15) is 4.98 Å². The van der Waals surface area contributed by atoms with Gasteiger partial charge in [0.15, 0.2) is 5.82 Å². The Kier molecular flexibility index (Phi) is 5.44. The van der Waals surface area contributed by atoms with Crippen molar-refractivity contribution in [2.75, 3.05) is 31.6 Å². The number of rotatable bonds is 5. The average molecular weight is 351 g/mol. The largest absolute Gasteiger partial charge is 0.379 e. The smallest absolute Gasteiger partial charge is 0.232 e.